The molecule has 0 saturated carbocycles. The number of halogens is 1. The third-order valence-corrected chi connectivity index (χ3v) is 2.75. The minimum atomic E-state index is 0.150. The summed E-state index contributed by atoms with van der Waals surface area (Å²) in [5.41, 5.74) is 1.02. The maximum atomic E-state index is 6.12. The molecule has 78 valence electrons. The van der Waals surface area contributed by atoms with Gasteiger partial charge in [0.1, 0.15) is 5.82 Å². The van der Waals surface area contributed by atoms with Crippen molar-refractivity contribution in [1.82, 2.24) is 4.98 Å². The van der Waals surface area contributed by atoms with Gasteiger partial charge in [0.25, 0.3) is 0 Å². The lowest BCUT2D eigenvalue weighted by Crippen LogP contribution is -2.20. The third-order valence-electron chi connectivity index (χ3n) is 2.09. The second kappa shape index (κ2) is 5.20. The fourth-order valence-corrected chi connectivity index (χ4v) is 1.16. The molecule has 0 amide bonds. The number of aryl methyl sites for hydroxylation is 1. The normalized spacial score (nSPS) is 12.9. The van der Waals surface area contributed by atoms with Gasteiger partial charge in [-0.2, -0.15) is 0 Å². The minimum Gasteiger partial charge on any atom is -0.369 e. The maximum absolute atomic E-state index is 6.12. The highest BCUT2D eigenvalue weighted by Gasteiger charge is 2.08. The standard InChI is InChI=1S/C11H17ClN2/c1-8(2)10(12)7-13-11-6-4-5-9(3)14-11/h4-6,8,10H,7H2,1-3H3,(H,13,14). The van der Waals surface area contributed by atoms with E-state index in [0.29, 0.717) is 5.92 Å². The molecule has 2 nitrogen and oxygen atoms in total. The van der Waals surface area contributed by atoms with E-state index in [1.54, 1.807) is 0 Å². The Kier molecular flexibility index (Phi) is 4.21. The zero-order valence-electron chi connectivity index (χ0n) is 8.92. The Hall–Kier alpha value is -0.760. The van der Waals surface area contributed by atoms with Gasteiger partial charge < -0.3 is 5.32 Å². The molecule has 1 atom stereocenters. The predicted molar refractivity (Wildman–Crippen MR) is 61.9 cm³/mol. The Labute approximate surface area is 90.7 Å². The number of aromatic nitrogens is 1. The highest BCUT2D eigenvalue weighted by atomic mass is 35.5. The molecule has 3 heteroatoms. The van der Waals surface area contributed by atoms with Crippen molar-refractivity contribution in [3.8, 4) is 0 Å². The highest BCUT2D eigenvalue weighted by Crippen LogP contribution is 2.11. The summed E-state index contributed by atoms with van der Waals surface area (Å²) in [5, 5.41) is 3.37. The van der Waals surface area contributed by atoms with E-state index < -0.39 is 0 Å². The Bertz CT molecular complexity index is 286. The largest absolute Gasteiger partial charge is 0.369 e. The molecule has 0 aliphatic heterocycles. The van der Waals surface area contributed by atoms with Crippen molar-refractivity contribution in [3.05, 3.63) is 23.9 Å². The van der Waals surface area contributed by atoms with Gasteiger partial charge in [-0.25, -0.2) is 4.98 Å². The van der Waals surface area contributed by atoms with Crippen LogP contribution in [-0.2, 0) is 0 Å². The van der Waals surface area contributed by atoms with Crippen LogP contribution < -0.4 is 5.32 Å². The first kappa shape index (κ1) is 11.3. The van der Waals surface area contributed by atoms with E-state index >= 15 is 0 Å². The van der Waals surface area contributed by atoms with Gasteiger partial charge in [0.05, 0.1) is 5.38 Å². The second-order valence-corrected chi connectivity index (χ2v) is 4.37. The molecule has 0 aromatic carbocycles. The zero-order chi connectivity index (χ0) is 10.6. The van der Waals surface area contributed by atoms with E-state index in [1.165, 1.54) is 0 Å². The molecule has 0 saturated heterocycles. The van der Waals surface area contributed by atoms with E-state index in [1.807, 2.05) is 25.1 Å². The van der Waals surface area contributed by atoms with Gasteiger partial charge in [-0.05, 0) is 25.0 Å². The molecule has 0 radical (unpaired) electrons. The molecule has 1 heterocycles. The molecule has 1 rings (SSSR count). The summed E-state index contributed by atoms with van der Waals surface area (Å²) in [7, 11) is 0. The summed E-state index contributed by atoms with van der Waals surface area (Å²) in [6, 6.07) is 5.92. The summed E-state index contributed by atoms with van der Waals surface area (Å²) in [6.07, 6.45) is 0. The van der Waals surface area contributed by atoms with Gasteiger partial charge in [-0.3, -0.25) is 0 Å². The fourth-order valence-electron chi connectivity index (χ4n) is 1.08. The number of alkyl halides is 1. The van der Waals surface area contributed by atoms with Gasteiger partial charge in [-0.15, -0.1) is 11.6 Å². The predicted octanol–water partition coefficient (Wildman–Crippen LogP) is 3.07. The lowest BCUT2D eigenvalue weighted by molar-refractivity contribution is 0.615. The average molecular weight is 213 g/mol. The topological polar surface area (TPSA) is 24.9 Å². The van der Waals surface area contributed by atoms with Crippen LogP contribution in [0.5, 0.6) is 0 Å². The Balaban J connectivity index is 2.45. The molecule has 1 aromatic heterocycles. The number of rotatable bonds is 4. The van der Waals surface area contributed by atoms with Crippen molar-refractivity contribution in [3.63, 3.8) is 0 Å². The molecule has 1 aromatic rings. The van der Waals surface area contributed by atoms with Crippen LogP contribution in [0.3, 0.4) is 0 Å². The summed E-state index contributed by atoms with van der Waals surface area (Å²) in [6.45, 7) is 6.97. The minimum absolute atomic E-state index is 0.150. The first-order valence-electron chi connectivity index (χ1n) is 4.91. The van der Waals surface area contributed by atoms with Crippen LogP contribution >= 0.6 is 11.6 Å². The van der Waals surface area contributed by atoms with E-state index in [9.17, 15) is 0 Å². The van der Waals surface area contributed by atoms with Crippen molar-refractivity contribution < 1.29 is 0 Å². The van der Waals surface area contributed by atoms with Crippen molar-refractivity contribution in [2.45, 2.75) is 26.1 Å². The van der Waals surface area contributed by atoms with Crippen LogP contribution in [0.1, 0.15) is 19.5 Å². The molecule has 1 unspecified atom stereocenters. The lowest BCUT2D eigenvalue weighted by Gasteiger charge is -2.14. The van der Waals surface area contributed by atoms with Crippen molar-refractivity contribution in [1.29, 1.82) is 0 Å². The van der Waals surface area contributed by atoms with Gasteiger partial charge >= 0.3 is 0 Å². The van der Waals surface area contributed by atoms with Gasteiger partial charge in [-0.1, -0.05) is 19.9 Å². The fraction of sp³-hybridized carbons (Fsp3) is 0.545. The Morgan fingerprint density at radius 2 is 2.14 bits per heavy atom. The molecular formula is C11H17ClN2. The van der Waals surface area contributed by atoms with Gasteiger partial charge in [0, 0.05) is 12.2 Å². The summed E-state index contributed by atoms with van der Waals surface area (Å²) in [5.74, 6) is 1.38. The summed E-state index contributed by atoms with van der Waals surface area (Å²) >= 11 is 6.12. The number of nitrogens with zero attached hydrogens (tertiary/aromatic N) is 1. The van der Waals surface area contributed by atoms with Crippen LogP contribution in [0.25, 0.3) is 0 Å². The van der Waals surface area contributed by atoms with Crippen molar-refractivity contribution in [2.24, 2.45) is 5.92 Å². The number of anilines is 1. The number of nitrogens with one attached hydrogen (secondary N) is 1. The molecule has 0 spiro atoms. The second-order valence-electron chi connectivity index (χ2n) is 3.81. The van der Waals surface area contributed by atoms with Crippen molar-refractivity contribution in [2.75, 3.05) is 11.9 Å². The summed E-state index contributed by atoms with van der Waals surface area (Å²) in [4.78, 5) is 4.33. The lowest BCUT2D eigenvalue weighted by atomic mass is 10.1. The Morgan fingerprint density at radius 1 is 1.43 bits per heavy atom. The van der Waals surface area contributed by atoms with Crippen molar-refractivity contribution >= 4 is 17.4 Å². The maximum Gasteiger partial charge on any atom is 0.126 e. The van der Waals surface area contributed by atoms with Crippen LogP contribution in [0, 0.1) is 12.8 Å². The molecular weight excluding hydrogens is 196 g/mol. The zero-order valence-corrected chi connectivity index (χ0v) is 9.67. The van der Waals surface area contributed by atoms with Crippen LogP contribution in [0.2, 0.25) is 0 Å². The molecule has 0 aliphatic rings. The molecule has 0 aliphatic carbocycles. The molecule has 0 fully saturated rings. The van der Waals surface area contributed by atoms with E-state index in [2.05, 4.69) is 24.1 Å². The average Bonchev–Trinajstić information content (AvgIpc) is 2.14. The van der Waals surface area contributed by atoms with Crippen LogP contribution in [0.15, 0.2) is 18.2 Å². The SMILES string of the molecule is Cc1cccc(NCC(Cl)C(C)C)n1. The smallest absolute Gasteiger partial charge is 0.126 e. The van der Waals surface area contributed by atoms with Gasteiger partial charge in [0.15, 0.2) is 0 Å². The van der Waals surface area contributed by atoms with Gasteiger partial charge in [0.2, 0.25) is 0 Å². The number of hydrogen-bond acceptors (Lipinski definition) is 2. The van der Waals surface area contributed by atoms with Crippen LogP contribution in [-0.4, -0.2) is 16.9 Å². The van der Waals surface area contributed by atoms with E-state index in [4.69, 9.17) is 11.6 Å². The quantitative estimate of drug-likeness (QED) is 0.776. The third kappa shape index (κ3) is 3.54. The van der Waals surface area contributed by atoms with E-state index in [-0.39, 0.29) is 5.38 Å². The molecule has 1 N–H and O–H groups in total. The number of pyridine rings is 1. The van der Waals surface area contributed by atoms with E-state index in [0.717, 1.165) is 18.1 Å². The van der Waals surface area contributed by atoms with Crippen LogP contribution in [0.4, 0.5) is 5.82 Å². The first-order chi connectivity index (χ1) is 6.59. The monoisotopic (exact) mass is 212 g/mol. The summed E-state index contributed by atoms with van der Waals surface area (Å²) < 4.78 is 0. The first-order valence-corrected chi connectivity index (χ1v) is 5.35. The Morgan fingerprint density at radius 3 is 2.71 bits per heavy atom. The highest BCUT2D eigenvalue weighted by molar-refractivity contribution is 6.21. The molecule has 14 heavy (non-hydrogen) atoms. The molecule has 0 bridgehead atoms. The number of hydrogen-bond donors (Lipinski definition) is 1.